The summed E-state index contributed by atoms with van der Waals surface area (Å²) in [5, 5.41) is 0. The molecule has 12 heavy (non-hydrogen) atoms. The van der Waals surface area contributed by atoms with Gasteiger partial charge in [0.1, 0.15) is 0 Å². The fourth-order valence-electron chi connectivity index (χ4n) is 1.39. The van der Waals surface area contributed by atoms with E-state index >= 15 is 0 Å². The van der Waals surface area contributed by atoms with Crippen LogP contribution in [0.1, 0.15) is 31.2 Å². The minimum atomic E-state index is 0.490. The summed E-state index contributed by atoms with van der Waals surface area (Å²) < 4.78 is 0. The van der Waals surface area contributed by atoms with Crippen molar-refractivity contribution < 1.29 is 0 Å². The molecule has 0 aliphatic carbocycles. The highest BCUT2D eigenvalue weighted by Gasteiger charge is 2.07. The SMILES string of the molecule is CCCC(CN)c1cccnc1. The number of pyridine rings is 1. The predicted octanol–water partition coefficient (Wildman–Crippen LogP) is 1.92. The van der Waals surface area contributed by atoms with Gasteiger partial charge >= 0.3 is 0 Å². The molecule has 1 rings (SSSR count). The topological polar surface area (TPSA) is 38.9 Å². The highest BCUT2D eigenvalue weighted by atomic mass is 14.6. The lowest BCUT2D eigenvalue weighted by Gasteiger charge is -2.12. The molecule has 0 radical (unpaired) electrons. The van der Waals surface area contributed by atoms with Gasteiger partial charge in [-0.3, -0.25) is 4.98 Å². The smallest absolute Gasteiger partial charge is 0.0303 e. The molecule has 0 spiro atoms. The molecule has 2 N–H and O–H groups in total. The first kappa shape index (κ1) is 9.20. The first-order valence-electron chi connectivity index (χ1n) is 4.48. The fourth-order valence-corrected chi connectivity index (χ4v) is 1.39. The first-order chi connectivity index (χ1) is 5.88. The third-order valence-electron chi connectivity index (χ3n) is 2.08. The van der Waals surface area contributed by atoms with Crippen molar-refractivity contribution in [3.8, 4) is 0 Å². The Morgan fingerprint density at radius 3 is 2.92 bits per heavy atom. The van der Waals surface area contributed by atoms with E-state index in [1.807, 2.05) is 12.3 Å². The normalized spacial score (nSPS) is 12.8. The van der Waals surface area contributed by atoms with Crippen molar-refractivity contribution in [1.82, 2.24) is 4.98 Å². The zero-order valence-corrected chi connectivity index (χ0v) is 7.53. The molecule has 1 aromatic heterocycles. The molecular weight excluding hydrogens is 148 g/mol. The van der Waals surface area contributed by atoms with Crippen LogP contribution in [-0.4, -0.2) is 11.5 Å². The largest absolute Gasteiger partial charge is 0.330 e. The highest BCUT2D eigenvalue weighted by molar-refractivity contribution is 5.14. The summed E-state index contributed by atoms with van der Waals surface area (Å²) in [5.41, 5.74) is 6.93. The van der Waals surface area contributed by atoms with Crippen LogP contribution in [0.3, 0.4) is 0 Å². The second kappa shape index (κ2) is 4.88. The Morgan fingerprint density at radius 2 is 2.42 bits per heavy atom. The quantitative estimate of drug-likeness (QED) is 0.738. The summed E-state index contributed by atoms with van der Waals surface area (Å²) in [6.07, 6.45) is 6.04. The van der Waals surface area contributed by atoms with E-state index in [2.05, 4.69) is 18.0 Å². The van der Waals surface area contributed by atoms with Gasteiger partial charge in [-0.25, -0.2) is 0 Å². The molecule has 66 valence electrons. The van der Waals surface area contributed by atoms with Gasteiger partial charge in [0, 0.05) is 12.4 Å². The Kier molecular flexibility index (Phi) is 3.74. The number of nitrogens with zero attached hydrogens (tertiary/aromatic N) is 1. The zero-order chi connectivity index (χ0) is 8.81. The minimum Gasteiger partial charge on any atom is -0.330 e. The average Bonchev–Trinajstić information content (AvgIpc) is 2.15. The molecule has 0 saturated carbocycles. The molecule has 0 fully saturated rings. The van der Waals surface area contributed by atoms with Gasteiger partial charge in [0.2, 0.25) is 0 Å². The maximum absolute atomic E-state index is 5.66. The van der Waals surface area contributed by atoms with Crippen molar-refractivity contribution in [2.75, 3.05) is 6.54 Å². The summed E-state index contributed by atoms with van der Waals surface area (Å²) in [7, 11) is 0. The molecule has 1 atom stereocenters. The number of hydrogen-bond donors (Lipinski definition) is 1. The monoisotopic (exact) mass is 164 g/mol. The lowest BCUT2D eigenvalue weighted by Crippen LogP contribution is -2.12. The van der Waals surface area contributed by atoms with Crippen LogP contribution in [-0.2, 0) is 0 Å². The van der Waals surface area contributed by atoms with Gasteiger partial charge in [-0.15, -0.1) is 0 Å². The van der Waals surface area contributed by atoms with E-state index in [0.29, 0.717) is 5.92 Å². The van der Waals surface area contributed by atoms with E-state index in [9.17, 15) is 0 Å². The third kappa shape index (κ3) is 2.31. The van der Waals surface area contributed by atoms with Crippen molar-refractivity contribution in [2.45, 2.75) is 25.7 Å². The molecule has 0 saturated heterocycles. The van der Waals surface area contributed by atoms with Gasteiger partial charge in [-0.1, -0.05) is 19.4 Å². The van der Waals surface area contributed by atoms with Gasteiger partial charge in [-0.05, 0) is 30.5 Å². The predicted molar refractivity (Wildman–Crippen MR) is 50.9 cm³/mol. The Balaban J connectivity index is 2.66. The Morgan fingerprint density at radius 1 is 1.58 bits per heavy atom. The lowest BCUT2D eigenvalue weighted by molar-refractivity contribution is 0.620. The molecule has 0 bridgehead atoms. The van der Waals surface area contributed by atoms with Crippen LogP contribution in [0.15, 0.2) is 24.5 Å². The maximum Gasteiger partial charge on any atom is 0.0303 e. The van der Waals surface area contributed by atoms with Crippen molar-refractivity contribution >= 4 is 0 Å². The van der Waals surface area contributed by atoms with Crippen molar-refractivity contribution in [3.63, 3.8) is 0 Å². The van der Waals surface area contributed by atoms with Crippen LogP contribution in [0.5, 0.6) is 0 Å². The number of nitrogens with two attached hydrogens (primary N) is 1. The molecule has 0 aliphatic rings. The molecule has 1 heterocycles. The van der Waals surface area contributed by atoms with Crippen LogP contribution in [0, 0.1) is 0 Å². The molecule has 0 aliphatic heterocycles. The number of hydrogen-bond acceptors (Lipinski definition) is 2. The molecule has 2 nitrogen and oxygen atoms in total. The summed E-state index contributed by atoms with van der Waals surface area (Å²) >= 11 is 0. The van der Waals surface area contributed by atoms with E-state index in [0.717, 1.165) is 13.0 Å². The summed E-state index contributed by atoms with van der Waals surface area (Å²) in [6.45, 7) is 2.90. The molecular formula is C10H16N2. The third-order valence-corrected chi connectivity index (χ3v) is 2.08. The summed E-state index contributed by atoms with van der Waals surface area (Å²) in [4.78, 5) is 4.08. The molecule has 2 heteroatoms. The summed E-state index contributed by atoms with van der Waals surface area (Å²) in [6, 6.07) is 4.06. The maximum atomic E-state index is 5.66. The Hall–Kier alpha value is -0.890. The zero-order valence-electron chi connectivity index (χ0n) is 7.53. The van der Waals surface area contributed by atoms with Gasteiger partial charge < -0.3 is 5.73 Å². The summed E-state index contributed by atoms with van der Waals surface area (Å²) in [5.74, 6) is 0.490. The van der Waals surface area contributed by atoms with Gasteiger partial charge in [-0.2, -0.15) is 0 Å². The van der Waals surface area contributed by atoms with Gasteiger partial charge in [0.15, 0.2) is 0 Å². The van der Waals surface area contributed by atoms with Crippen LogP contribution in [0.2, 0.25) is 0 Å². The fraction of sp³-hybridized carbons (Fsp3) is 0.500. The number of rotatable bonds is 4. The molecule has 0 aromatic carbocycles. The molecule has 1 unspecified atom stereocenters. The number of aromatic nitrogens is 1. The van der Waals surface area contributed by atoms with Crippen LogP contribution >= 0.6 is 0 Å². The van der Waals surface area contributed by atoms with Crippen molar-refractivity contribution in [3.05, 3.63) is 30.1 Å². The van der Waals surface area contributed by atoms with E-state index in [4.69, 9.17) is 5.73 Å². The minimum absolute atomic E-state index is 0.490. The van der Waals surface area contributed by atoms with E-state index in [-0.39, 0.29) is 0 Å². The standard InChI is InChI=1S/C10H16N2/c1-2-4-9(7-11)10-5-3-6-12-8-10/h3,5-6,8-9H,2,4,7,11H2,1H3. The van der Waals surface area contributed by atoms with Crippen molar-refractivity contribution in [1.29, 1.82) is 0 Å². The molecule has 0 amide bonds. The van der Waals surface area contributed by atoms with Crippen molar-refractivity contribution in [2.24, 2.45) is 5.73 Å². The second-order valence-electron chi connectivity index (χ2n) is 3.01. The van der Waals surface area contributed by atoms with Gasteiger partial charge in [0.05, 0.1) is 0 Å². The van der Waals surface area contributed by atoms with Gasteiger partial charge in [0.25, 0.3) is 0 Å². The van der Waals surface area contributed by atoms with E-state index < -0.39 is 0 Å². The first-order valence-corrected chi connectivity index (χ1v) is 4.48. The van der Waals surface area contributed by atoms with E-state index in [1.54, 1.807) is 6.20 Å². The Bertz CT molecular complexity index is 208. The molecule has 1 aromatic rings. The average molecular weight is 164 g/mol. The Labute approximate surface area is 73.8 Å². The van der Waals surface area contributed by atoms with Crippen LogP contribution in [0.4, 0.5) is 0 Å². The van der Waals surface area contributed by atoms with Crippen LogP contribution in [0.25, 0.3) is 0 Å². The second-order valence-corrected chi connectivity index (χ2v) is 3.01. The van der Waals surface area contributed by atoms with E-state index in [1.165, 1.54) is 12.0 Å². The highest BCUT2D eigenvalue weighted by Crippen LogP contribution is 2.18. The lowest BCUT2D eigenvalue weighted by atomic mass is 9.96. The van der Waals surface area contributed by atoms with Crippen LogP contribution < -0.4 is 5.73 Å².